The molecule has 1 N–H and O–H groups in total. The highest BCUT2D eigenvalue weighted by atomic mass is 14.8. The van der Waals surface area contributed by atoms with Crippen LogP contribution in [0.25, 0.3) is 0 Å². The molecule has 1 aliphatic carbocycles. The van der Waals surface area contributed by atoms with Gasteiger partial charge in [0.05, 0.1) is 0 Å². The first-order valence-electron chi connectivity index (χ1n) is 8.33. The van der Waals surface area contributed by atoms with E-state index in [1.807, 2.05) is 0 Å². The lowest BCUT2D eigenvalue weighted by Crippen LogP contribution is -2.21. The van der Waals surface area contributed by atoms with Crippen LogP contribution in [0.5, 0.6) is 0 Å². The zero-order chi connectivity index (χ0) is 14.5. The summed E-state index contributed by atoms with van der Waals surface area (Å²) >= 11 is 0. The van der Waals surface area contributed by atoms with Crippen LogP contribution in [0.15, 0.2) is 12.1 Å². The predicted octanol–water partition coefficient (Wildman–Crippen LogP) is 4.92. The molecule has 0 radical (unpaired) electrons. The molecule has 0 heterocycles. The molecule has 1 nitrogen and oxygen atoms in total. The first-order valence-corrected chi connectivity index (χ1v) is 8.33. The van der Waals surface area contributed by atoms with E-state index in [-0.39, 0.29) is 0 Å². The molecule has 1 fully saturated rings. The molecule has 1 heteroatoms. The summed E-state index contributed by atoms with van der Waals surface area (Å²) in [7, 11) is 0. The van der Waals surface area contributed by atoms with Crippen molar-refractivity contribution in [2.45, 2.75) is 66.3 Å². The molecule has 112 valence electrons. The lowest BCUT2D eigenvalue weighted by Gasteiger charge is -2.26. The van der Waals surface area contributed by atoms with Gasteiger partial charge in [0.1, 0.15) is 0 Å². The molecule has 1 saturated carbocycles. The van der Waals surface area contributed by atoms with Gasteiger partial charge in [0.25, 0.3) is 0 Å². The highest BCUT2D eigenvalue weighted by Gasteiger charge is 2.18. The summed E-state index contributed by atoms with van der Waals surface area (Å²) in [6, 6.07) is 4.60. The highest BCUT2D eigenvalue weighted by Crippen LogP contribution is 2.30. The third-order valence-electron chi connectivity index (χ3n) is 4.92. The van der Waals surface area contributed by atoms with Crippen molar-refractivity contribution in [3.63, 3.8) is 0 Å². The van der Waals surface area contributed by atoms with Gasteiger partial charge in [0, 0.05) is 6.54 Å². The Morgan fingerprint density at radius 3 is 2.45 bits per heavy atom. The number of nitrogens with one attached hydrogen (secondary N) is 1. The molecule has 0 aromatic heterocycles. The average Bonchev–Trinajstić information content (AvgIpc) is 2.36. The van der Waals surface area contributed by atoms with E-state index in [0.717, 1.165) is 18.4 Å². The van der Waals surface area contributed by atoms with Crippen molar-refractivity contribution in [3.05, 3.63) is 34.4 Å². The Hall–Kier alpha value is -0.820. The van der Waals surface area contributed by atoms with Crippen molar-refractivity contribution in [2.75, 3.05) is 6.54 Å². The topological polar surface area (TPSA) is 12.0 Å². The van der Waals surface area contributed by atoms with Gasteiger partial charge in [0.15, 0.2) is 0 Å². The fourth-order valence-electron chi connectivity index (χ4n) is 3.83. The van der Waals surface area contributed by atoms with Crippen molar-refractivity contribution in [1.82, 2.24) is 5.32 Å². The Balaban J connectivity index is 1.76. The molecule has 2 rings (SSSR count). The molecule has 1 aliphatic rings. The maximum atomic E-state index is 3.66. The fraction of sp³-hybridized carbons (Fsp3) is 0.684. The molecule has 20 heavy (non-hydrogen) atoms. The summed E-state index contributed by atoms with van der Waals surface area (Å²) < 4.78 is 0. The molecule has 0 saturated heterocycles. The van der Waals surface area contributed by atoms with Crippen LogP contribution < -0.4 is 5.32 Å². The molecular formula is C19H31N. The Labute approximate surface area is 125 Å². The predicted molar refractivity (Wildman–Crippen MR) is 88.1 cm³/mol. The van der Waals surface area contributed by atoms with E-state index in [9.17, 15) is 0 Å². The SMILES string of the molecule is Cc1cc(C)c(CNCCC2CCCC(C)C2)c(C)c1. The first kappa shape index (κ1) is 15.6. The van der Waals surface area contributed by atoms with Crippen molar-refractivity contribution in [3.8, 4) is 0 Å². The Morgan fingerprint density at radius 1 is 1.10 bits per heavy atom. The average molecular weight is 273 g/mol. The van der Waals surface area contributed by atoms with E-state index in [0.29, 0.717) is 0 Å². The van der Waals surface area contributed by atoms with Gasteiger partial charge in [-0.15, -0.1) is 0 Å². The number of hydrogen-bond acceptors (Lipinski definition) is 1. The van der Waals surface area contributed by atoms with E-state index in [1.54, 1.807) is 0 Å². The largest absolute Gasteiger partial charge is 0.313 e. The van der Waals surface area contributed by atoms with Crippen LogP contribution in [0.4, 0.5) is 0 Å². The number of aryl methyl sites for hydroxylation is 3. The summed E-state index contributed by atoms with van der Waals surface area (Å²) in [5.41, 5.74) is 5.73. The lowest BCUT2D eigenvalue weighted by molar-refractivity contribution is 0.267. The third kappa shape index (κ3) is 4.34. The number of benzene rings is 1. The van der Waals surface area contributed by atoms with Gasteiger partial charge in [-0.25, -0.2) is 0 Å². The maximum absolute atomic E-state index is 3.66. The van der Waals surface area contributed by atoms with Crippen molar-refractivity contribution in [1.29, 1.82) is 0 Å². The van der Waals surface area contributed by atoms with Crippen LogP contribution in [0.1, 0.15) is 61.3 Å². The van der Waals surface area contributed by atoms with E-state index < -0.39 is 0 Å². The van der Waals surface area contributed by atoms with Gasteiger partial charge in [-0.1, -0.05) is 43.9 Å². The molecule has 1 aromatic rings. The van der Waals surface area contributed by atoms with Crippen LogP contribution in [-0.2, 0) is 6.54 Å². The summed E-state index contributed by atoms with van der Waals surface area (Å²) in [5.74, 6) is 1.92. The fourth-order valence-corrected chi connectivity index (χ4v) is 3.83. The number of rotatable bonds is 5. The van der Waals surface area contributed by atoms with Gasteiger partial charge in [-0.3, -0.25) is 0 Å². The van der Waals surface area contributed by atoms with Crippen LogP contribution in [-0.4, -0.2) is 6.54 Å². The molecule has 0 aliphatic heterocycles. The van der Waals surface area contributed by atoms with E-state index >= 15 is 0 Å². The second-order valence-corrected chi connectivity index (χ2v) is 6.98. The van der Waals surface area contributed by atoms with Crippen LogP contribution in [0.2, 0.25) is 0 Å². The van der Waals surface area contributed by atoms with Crippen molar-refractivity contribution < 1.29 is 0 Å². The molecule has 2 unspecified atom stereocenters. The minimum absolute atomic E-state index is 0.954. The van der Waals surface area contributed by atoms with E-state index in [4.69, 9.17) is 0 Å². The molecule has 2 atom stereocenters. The molecule has 0 spiro atoms. The summed E-state index contributed by atoms with van der Waals surface area (Å²) in [5, 5.41) is 3.66. The zero-order valence-electron chi connectivity index (χ0n) is 13.8. The van der Waals surface area contributed by atoms with Crippen molar-refractivity contribution >= 4 is 0 Å². The molecule has 0 amide bonds. The van der Waals surface area contributed by atoms with Crippen molar-refractivity contribution in [2.24, 2.45) is 11.8 Å². The lowest BCUT2D eigenvalue weighted by atomic mass is 9.81. The minimum Gasteiger partial charge on any atom is -0.313 e. The zero-order valence-corrected chi connectivity index (χ0v) is 13.8. The highest BCUT2D eigenvalue weighted by molar-refractivity contribution is 5.37. The van der Waals surface area contributed by atoms with Gasteiger partial charge < -0.3 is 5.32 Å². The monoisotopic (exact) mass is 273 g/mol. The van der Waals surface area contributed by atoms with Crippen LogP contribution >= 0.6 is 0 Å². The molecule has 0 bridgehead atoms. The number of hydrogen-bond donors (Lipinski definition) is 1. The van der Waals surface area contributed by atoms with Gasteiger partial charge >= 0.3 is 0 Å². The van der Waals surface area contributed by atoms with E-state index in [1.165, 1.54) is 60.9 Å². The molecule has 1 aromatic carbocycles. The quantitative estimate of drug-likeness (QED) is 0.751. The van der Waals surface area contributed by atoms with Gasteiger partial charge in [-0.2, -0.15) is 0 Å². The Kier molecular flexibility index (Phi) is 5.65. The second kappa shape index (κ2) is 7.26. The van der Waals surface area contributed by atoms with Gasteiger partial charge in [0.2, 0.25) is 0 Å². The second-order valence-electron chi connectivity index (χ2n) is 6.98. The Morgan fingerprint density at radius 2 is 1.80 bits per heavy atom. The van der Waals surface area contributed by atoms with Crippen LogP contribution in [0.3, 0.4) is 0 Å². The summed E-state index contributed by atoms with van der Waals surface area (Å²) in [6.07, 6.45) is 7.15. The maximum Gasteiger partial charge on any atom is 0.0210 e. The smallest absolute Gasteiger partial charge is 0.0210 e. The first-order chi connectivity index (χ1) is 9.56. The molecular weight excluding hydrogens is 242 g/mol. The van der Waals surface area contributed by atoms with E-state index in [2.05, 4.69) is 45.1 Å². The standard InChI is InChI=1S/C19H31N/c1-14-6-5-7-18(12-14)8-9-20-13-19-16(3)10-15(2)11-17(19)4/h10-11,14,18,20H,5-9,12-13H2,1-4H3. The summed E-state index contributed by atoms with van der Waals surface area (Å²) in [4.78, 5) is 0. The van der Waals surface area contributed by atoms with Crippen LogP contribution in [0, 0.1) is 32.6 Å². The normalized spacial score (nSPS) is 23.0. The Bertz CT molecular complexity index is 412. The minimum atomic E-state index is 0.954. The summed E-state index contributed by atoms with van der Waals surface area (Å²) in [6.45, 7) is 11.3. The van der Waals surface area contributed by atoms with Gasteiger partial charge in [-0.05, 0) is 68.7 Å². The third-order valence-corrected chi connectivity index (χ3v) is 4.92.